The number of aromatic nitrogens is 1. The third-order valence-electron chi connectivity index (χ3n) is 6.03. The Morgan fingerprint density at radius 1 is 1.00 bits per heavy atom. The van der Waals surface area contributed by atoms with Gasteiger partial charge in [-0.1, -0.05) is 12.1 Å². The number of rotatable bonds is 3. The molecule has 7 nitrogen and oxygen atoms in total. The fourth-order valence-electron chi connectivity index (χ4n) is 4.17. The summed E-state index contributed by atoms with van der Waals surface area (Å²) in [6.45, 7) is 4.77. The molecule has 3 heterocycles. The van der Waals surface area contributed by atoms with Crippen LogP contribution in [-0.2, 0) is 9.59 Å². The third kappa shape index (κ3) is 3.51. The maximum absolute atomic E-state index is 13.2. The molecule has 1 amide bonds. The average molecular weight is 442 g/mol. The number of aliphatic hydroxyl groups is 1. The van der Waals surface area contributed by atoms with E-state index in [-0.39, 0.29) is 11.3 Å². The minimum Gasteiger partial charge on any atom is -0.507 e. The number of benzene rings is 2. The number of hydrogen-bond acceptors (Lipinski definition) is 6. The van der Waals surface area contributed by atoms with Crippen molar-refractivity contribution in [1.29, 1.82) is 0 Å². The number of nitrogens with zero attached hydrogens (tertiary/aromatic N) is 2. The summed E-state index contributed by atoms with van der Waals surface area (Å²) in [6.07, 6.45) is 3.22. The number of fused-ring (bicyclic) bond motifs is 1. The predicted octanol–water partition coefficient (Wildman–Crippen LogP) is 4.10. The van der Waals surface area contributed by atoms with Crippen molar-refractivity contribution in [3.05, 3.63) is 88.8 Å². The van der Waals surface area contributed by atoms with Crippen molar-refractivity contribution in [3.63, 3.8) is 0 Å². The molecule has 33 heavy (non-hydrogen) atoms. The number of aliphatic hydroxyl groups excluding tert-OH is 1. The van der Waals surface area contributed by atoms with Gasteiger partial charge in [0.1, 0.15) is 19.0 Å². The van der Waals surface area contributed by atoms with Crippen LogP contribution in [-0.4, -0.2) is 35.0 Å². The van der Waals surface area contributed by atoms with Crippen molar-refractivity contribution in [2.75, 3.05) is 18.1 Å². The Morgan fingerprint density at radius 3 is 2.52 bits per heavy atom. The summed E-state index contributed by atoms with van der Waals surface area (Å²) in [6, 6.07) is 13.2. The summed E-state index contributed by atoms with van der Waals surface area (Å²) < 4.78 is 11.2. The molecule has 7 heteroatoms. The fraction of sp³-hybridized carbons (Fsp3) is 0.192. The molecule has 5 rings (SSSR count). The summed E-state index contributed by atoms with van der Waals surface area (Å²) in [4.78, 5) is 32.1. The molecule has 2 aromatic carbocycles. The van der Waals surface area contributed by atoms with Gasteiger partial charge in [-0.15, -0.1) is 0 Å². The highest BCUT2D eigenvalue weighted by molar-refractivity contribution is 6.51. The van der Waals surface area contributed by atoms with Crippen LogP contribution in [0.1, 0.15) is 28.3 Å². The SMILES string of the molecule is Cc1ccc(N2C(=O)C(=O)/C(=C(\O)c3ccc4c(c3)OCCO4)C2c2cccnc2)cc1C. The van der Waals surface area contributed by atoms with Crippen molar-refractivity contribution in [1.82, 2.24) is 4.98 Å². The zero-order chi connectivity index (χ0) is 23.1. The number of aryl methyl sites for hydroxylation is 2. The molecular weight excluding hydrogens is 420 g/mol. The van der Waals surface area contributed by atoms with E-state index < -0.39 is 17.7 Å². The number of anilines is 1. The molecule has 166 valence electrons. The molecule has 2 aliphatic rings. The van der Waals surface area contributed by atoms with E-state index >= 15 is 0 Å². The second kappa shape index (κ2) is 8.09. The standard InChI is InChI=1S/C26H22N2O5/c1-15-5-7-19(12-16(15)2)28-23(18-4-3-9-27-14-18)22(25(30)26(28)31)24(29)17-6-8-20-21(13-17)33-11-10-32-20/h3-9,12-14,23,29H,10-11H2,1-2H3/b24-22-. The van der Waals surface area contributed by atoms with Gasteiger partial charge in [0.05, 0.1) is 11.6 Å². The van der Waals surface area contributed by atoms with Crippen LogP contribution >= 0.6 is 0 Å². The summed E-state index contributed by atoms with van der Waals surface area (Å²) in [7, 11) is 0. The van der Waals surface area contributed by atoms with Gasteiger partial charge in [-0.05, 0) is 66.9 Å². The first-order valence-electron chi connectivity index (χ1n) is 10.6. The van der Waals surface area contributed by atoms with Crippen LogP contribution < -0.4 is 14.4 Å². The van der Waals surface area contributed by atoms with E-state index in [1.807, 2.05) is 26.0 Å². The Balaban J connectivity index is 1.69. The van der Waals surface area contributed by atoms with E-state index in [9.17, 15) is 14.7 Å². The van der Waals surface area contributed by atoms with Crippen LogP contribution in [0, 0.1) is 13.8 Å². The van der Waals surface area contributed by atoms with Crippen molar-refractivity contribution in [2.45, 2.75) is 19.9 Å². The lowest BCUT2D eigenvalue weighted by atomic mass is 9.96. The highest BCUT2D eigenvalue weighted by Gasteiger charge is 2.47. The van der Waals surface area contributed by atoms with Crippen LogP contribution in [0.15, 0.2) is 66.5 Å². The molecule has 2 aliphatic heterocycles. The van der Waals surface area contributed by atoms with Gasteiger partial charge < -0.3 is 14.6 Å². The highest BCUT2D eigenvalue weighted by Crippen LogP contribution is 2.43. The van der Waals surface area contributed by atoms with E-state index in [4.69, 9.17) is 9.47 Å². The molecule has 1 unspecified atom stereocenters. The van der Waals surface area contributed by atoms with E-state index in [1.54, 1.807) is 48.8 Å². The van der Waals surface area contributed by atoms with Gasteiger partial charge in [-0.25, -0.2) is 0 Å². The first-order chi connectivity index (χ1) is 16.0. The number of hydrogen-bond donors (Lipinski definition) is 1. The minimum absolute atomic E-state index is 0.00269. The summed E-state index contributed by atoms with van der Waals surface area (Å²) in [5.41, 5.74) is 3.63. The van der Waals surface area contributed by atoms with Gasteiger partial charge >= 0.3 is 0 Å². The molecule has 1 atom stereocenters. The Bertz CT molecular complexity index is 1300. The van der Waals surface area contributed by atoms with Crippen LogP contribution in [0.3, 0.4) is 0 Å². The largest absolute Gasteiger partial charge is 0.507 e. The Kier molecular flexibility index (Phi) is 5.09. The molecule has 0 aliphatic carbocycles. The minimum atomic E-state index is -0.825. The number of ether oxygens (including phenoxy) is 2. The summed E-state index contributed by atoms with van der Waals surface area (Å²) in [5.74, 6) is -0.685. The van der Waals surface area contributed by atoms with E-state index in [0.29, 0.717) is 41.5 Å². The third-order valence-corrected chi connectivity index (χ3v) is 6.03. The molecule has 1 saturated heterocycles. The average Bonchev–Trinajstić information content (AvgIpc) is 3.11. The quantitative estimate of drug-likeness (QED) is 0.373. The lowest BCUT2D eigenvalue weighted by Crippen LogP contribution is -2.29. The number of carbonyl (C=O) groups is 2. The maximum Gasteiger partial charge on any atom is 0.300 e. The molecular formula is C26H22N2O5. The van der Waals surface area contributed by atoms with Gasteiger partial charge in [0.2, 0.25) is 0 Å². The number of carbonyl (C=O) groups excluding carboxylic acids is 2. The van der Waals surface area contributed by atoms with Gasteiger partial charge in [0.15, 0.2) is 11.5 Å². The number of Topliss-reactive ketones (excluding diaryl/α,β-unsaturated/α-hetero) is 1. The van der Waals surface area contributed by atoms with Crippen LogP contribution in [0.4, 0.5) is 5.69 Å². The first-order valence-corrected chi connectivity index (χ1v) is 10.6. The van der Waals surface area contributed by atoms with Crippen molar-refractivity contribution >= 4 is 23.1 Å². The maximum atomic E-state index is 13.2. The second-order valence-corrected chi connectivity index (χ2v) is 8.08. The van der Waals surface area contributed by atoms with Crippen molar-refractivity contribution < 1.29 is 24.2 Å². The van der Waals surface area contributed by atoms with Gasteiger partial charge in [-0.2, -0.15) is 0 Å². The number of pyridine rings is 1. The predicted molar refractivity (Wildman–Crippen MR) is 122 cm³/mol. The van der Waals surface area contributed by atoms with E-state index in [2.05, 4.69) is 4.98 Å². The molecule has 0 spiro atoms. The molecule has 0 radical (unpaired) electrons. The highest BCUT2D eigenvalue weighted by atomic mass is 16.6. The number of ketones is 1. The monoisotopic (exact) mass is 442 g/mol. The van der Waals surface area contributed by atoms with Crippen molar-refractivity contribution in [2.24, 2.45) is 0 Å². The van der Waals surface area contributed by atoms with E-state index in [1.165, 1.54) is 4.90 Å². The topological polar surface area (TPSA) is 89.0 Å². The first kappa shape index (κ1) is 20.8. The molecule has 0 saturated carbocycles. The molecule has 1 N–H and O–H groups in total. The summed E-state index contributed by atoms with van der Waals surface area (Å²) in [5, 5.41) is 11.3. The van der Waals surface area contributed by atoms with E-state index in [0.717, 1.165) is 11.1 Å². The van der Waals surface area contributed by atoms with Gasteiger partial charge in [0, 0.05) is 23.6 Å². The van der Waals surface area contributed by atoms with Crippen LogP contribution in [0.2, 0.25) is 0 Å². The fourth-order valence-corrected chi connectivity index (χ4v) is 4.17. The molecule has 1 aromatic heterocycles. The zero-order valence-corrected chi connectivity index (χ0v) is 18.2. The molecule has 0 bridgehead atoms. The van der Waals surface area contributed by atoms with Crippen molar-refractivity contribution in [3.8, 4) is 11.5 Å². The zero-order valence-electron chi connectivity index (χ0n) is 18.2. The molecule has 1 fully saturated rings. The molecule has 3 aromatic rings. The summed E-state index contributed by atoms with van der Waals surface area (Å²) >= 11 is 0. The Morgan fingerprint density at radius 2 is 1.79 bits per heavy atom. The van der Waals surface area contributed by atoms with Crippen LogP contribution in [0.25, 0.3) is 5.76 Å². The van der Waals surface area contributed by atoms with Gasteiger partial charge in [-0.3, -0.25) is 19.5 Å². The van der Waals surface area contributed by atoms with Crippen LogP contribution in [0.5, 0.6) is 11.5 Å². The normalized spacial score (nSPS) is 19.1. The Labute approximate surface area is 190 Å². The van der Waals surface area contributed by atoms with Gasteiger partial charge in [0.25, 0.3) is 11.7 Å². The number of amides is 1. The second-order valence-electron chi connectivity index (χ2n) is 8.08. The Hall–Kier alpha value is -4.13. The lowest BCUT2D eigenvalue weighted by molar-refractivity contribution is -0.132. The smallest absolute Gasteiger partial charge is 0.300 e. The lowest BCUT2D eigenvalue weighted by Gasteiger charge is -2.26.